The Hall–Kier alpha value is -0.900. The third kappa shape index (κ3) is 3.35. The van der Waals surface area contributed by atoms with Crippen molar-refractivity contribution in [3.05, 3.63) is 15.6 Å². The Morgan fingerprint density at radius 1 is 1.37 bits per heavy atom. The fourth-order valence-corrected chi connectivity index (χ4v) is 3.91. The third-order valence-corrected chi connectivity index (χ3v) is 4.73. The number of amides is 1. The maximum absolute atomic E-state index is 12.6. The zero-order valence-electron chi connectivity index (χ0n) is 12.2. The number of hydrogen-bond acceptors (Lipinski definition) is 3. The van der Waals surface area contributed by atoms with Crippen LogP contribution in [0.5, 0.6) is 0 Å². The average Bonchev–Trinajstić information content (AvgIpc) is 2.76. The lowest BCUT2D eigenvalue weighted by Gasteiger charge is -2.28. The molecule has 1 aromatic heterocycles. The largest absolute Gasteiger partial charge is 0.342 e. The van der Waals surface area contributed by atoms with Crippen molar-refractivity contribution >= 4 is 17.2 Å². The first-order chi connectivity index (χ1) is 9.15. The Morgan fingerprint density at radius 3 is 2.68 bits per heavy atom. The molecule has 0 radical (unpaired) electrons. The van der Waals surface area contributed by atoms with Gasteiger partial charge in [0.2, 0.25) is 5.91 Å². The van der Waals surface area contributed by atoms with Gasteiger partial charge in [0.15, 0.2) is 0 Å². The summed E-state index contributed by atoms with van der Waals surface area (Å²) in [6, 6.07) is 0. The molecule has 0 fully saturated rings. The Balaban J connectivity index is 2.04. The molecule has 3 nitrogen and oxygen atoms in total. The SMILES string of the molecule is CCCN(CCC)C(=O)C1CCc2nc(C)sc2C1. The van der Waals surface area contributed by atoms with Crippen molar-refractivity contribution < 1.29 is 4.79 Å². The van der Waals surface area contributed by atoms with E-state index in [0.717, 1.165) is 50.2 Å². The summed E-state index contributed by atoms with van der Waals surface area (Å²) in [7, 11) is 0. The minimum absolute atomic E-state index is 0.186. The molecule has 106 valence electrons. The van der Waals surface area contributed by atoms with Gasteiger partial charge in [-0.05, 0) is 39.0 Å². The first kappa shape index (κ1) is 14.5. The summed E-state index contributed by atoms with van der Waals surface area (Å²) >= 11 is 1.77. The molecule has 1 heterocycles. The number of aryl methyl sites for hydroxylation is 2. The van der Waals surface area contributed by atoms with Crippen LogP contribution < -0.4 is 0 Å². The average molecular weight is 280 g/mol. The molecule has 0 aliphatic heterocycles. The van der Waals surface area contributed by atoms with E-state index in [0.29, 0.717) is 5.91 Å². The molecule has 1 aromatic rings. The van der Waals surface area contributed by atoms with Crippen LogP contribution in [-0.4, -0.2) is 28.9 Å². The zero-order chi connectivity index (χ0) is 13.8. The molecular weight excluding hydrogens is 256 g/mol. The second kappa shape index (κ2) is 6.51. The van der Waals surface area contributed by atoms with E-state index >= 15 is 0 Å². The van der Waals surface area contributed by atoms with Crippen molar-refractivity contribution in [3.63, 3.8) is 0 Å². The second-order valence-electron chi connectivity index (χ2n) is 5.37. The highest BCUT2D eigenvalue weighted by atomic mass is 32.1. The van der Waals surface area contributed by atoms with Gasteiger partial charge in [0, 0.05) is 23.9 Å². The number of thiazole rings is 1. The van der Waals surface area contributed by atoms with Crippen LogP contribution in [0.1, 0.15) is 48.7 Å². The predicted molar refractivity (Wildman–Crippen MR) is 79.5 cm³/mol. The highest BCUT2D eigenvalue weighted by Crippen LogP contribution is 2.30. The predicted octanol–water partition coefficient (Wildman–Crippen LogP) is 3.21. The molecule has 1 atom stereocenters. The van der Waals surface area contributed by atoms with Gasteiger partial charge in [-0.25, -0.2) is 4.98 Å². The number of rotatable bonds is 5. The van der Waals surface area contributed by atoms with Crippen LogP contribution >= 0.6 is 11.3 Å². The van der Waals surface area contributed by atoms with Crippen LogP contribution in [0.4, 0.5) is 0 Å². The molecule has 0 N–H and O–H groups in total. The fraction of sp³-hybridized carbons (Fsp3) is 0.733. The summed E-state index contributed by atoms with van der Waals surface area (Å²) < 4.78 is 0. The van der Waals surface area contributed by atoms with Gasteiger partial charge in [-0.15, -0.1) is 11.3 Å². The van der Waals surface area contributed by atoms with E-state index in [1.165, 1.54) is 10.6 Å². The highest BCUT2D eigenvalue weighted by molar-refractivity contribution is 7.11. The van der Waals surface area contributed by atoms with Gasteiger partial charge in [-0.2, -0.15) is 0 Å². The van der Waals surface area contributed by atoms with Gasteiger partial charge in [-0.3, -0.25) is 4.79 Å². The molecular formula is C15H24N2OS. The second-order valence-corrected chi connectivity index (χ2v) is 6.66. The number of fused-ring (bicyclic) bond motifs is 1. The number of carbonyl (C=O) groups excluding carboxylic acids is 1. The maximum Gasteiger partial charge on any atom is 0.226 e. The van der Waals surface area contributed by atoms with E-state index in [1.54, 1.807) is 11.3 Å². The van der Waals surface area contributed by atoms with Crippen molar-refractivity contribution in [1.82, 2.24) is 9.88 Å². The van der Waals surface area contributed by atoms with E-state index in [1.807, 2.05) is 0 Å². The molecule has 0 aromatic carbocycles. The minimum Gasteiger partial charge on any atom is -0.342 e. The summed E-state index contributed by atoms with van der Waals surface area (Å²) in [5, 5.41) is 1.14. The van der Waals surface area contributed by atoms with Gasteiger partial charge >= 0.3 is 0 Å². The van der Waals surface area contributed by atoms with Crippen LogP contribution in [0.25, 0.3) is 0 Å². The highest BCUT2D eigenvalue weighted by Gasteiger charge is 2.29. The van der Waals surface area contributed by atoms with Crippen LogP contribution in [-0.2, 0) is 17.6 Å². The molecule has 0 bridgehead atoms. The van der Waals surface area contributed by atoms with Crippen molar-refractivity contribution in [1.29, 1.82) is 0 Å². The van der Waals surface area contributed by atoms with Crippen molar-refractivity contribution in [2.45, 2.75) is 52.9 Å². The van der Waals surface area contributed by atoms with E-state index in [2.05, 4.69) is 30.7 Å². The van der Waals surface area contributed by atoms with Crippen LogP contribution in [0, 0.1) is 12.8 Å². The van der Waals surface area contributed by atoms with E-state index < -0.39 is 0 Å². The topological polar surface area (TPSA) is 33.2 Å². The Labute approximate surface area is 120 Å². The molecule has 1 amide bonds. The van der Waals surface area contributed by atoms with E-state index in [-0.39, 0.29) is 5.92 Å². The minimum atomic E-state index is 0.186. The van der Waals surface area contributed by atoms with Crippen LogP contribution in [0.2, 0.25) is 0 Å². The van der Waals surface area contributed by atoms with Gasteiger partial charge in [0.25, 0.3) is 0 Å². The third-order valence-electron chi connectivity index (χ3n) is 3.69. The number of carbonyl (C=O) groups is 1. The zero-order valence-corrected chi connectivity index (χ0v) is 13.1. The van der Waals surface area contributed by atoms with Gasteiger partial charge < -0.3 is 4.90 Å². The summed E-state index contributed by atoms with van der Waals surface area (Å²) in [6.07, 6.45) is 4.94. The lowest BCUT2D eigenvalue weighted by atomic mass is 9.90. The monoisotopic (exact) mass is 280 g/mol. The molecule has 0 saturated heterocycles. The first-order valence-electron chi connectivity index (χ1n) is 7.39. The van der Waals surface area contributed by atoms with E-state index in [9.17, 15) is 4.79 Å². The summed E-state index contributed by atoms with van der Waals surface area (Å²) in [5.41, 5.74) is 1.24. The Kier molecular flexibility index (Phi) is 4.97. The normalized spacial score (nSPS) is 18.2. The van der Waals surface area contributed by atoms with Gasteiger partial charge in [-0.1, -0.05) is 13.8 Å². The van der Waals surface area contributed by atoms with Crippen molar-refractivity contribution in [2.24, 2.45) is 5.92 Å². The molecule has 0 spiro atoms. The van der Waals surface area contributed by atoms with Gasteiger partial charge in [0.1, 0.15) is 0 Å². The first-order valence-corrected chi connectivity index (χ1v) is 8.21. The lowest BCUT2D eigenvalue weighted by Crippen LogP contribution is -2.39. The van der Waals surface area contributed by atoms with E-state index in [4.69, 9.17) is 0 Å². The molecule has 2 rings (SSSR count). The van der Waals surface area contributed by atoms with Crippen molar-refractivity contribution in [3.8, 4) is 0 Å². The van der Waals surface area contributed by atoms with Crippen molar-refractivity contribution in [2.75, 3.05) is 13.1 Å². The number of nitrogens with zero attached hydrogens (tertiary/aromatic N) is 2. The summed E-state index contributed by atoms with van der Waals surface area (Å²) in [6.45, 7) is 8.14. The Bertz CT molecular complexity index is 435. The summed E-state index contributed by atoms with van der Waals surface area (Å²) in [4.78, 5) is 20.6. The molecule has 1 aliphatic rings. The molecule has 1 unspecified atom stereocenters. The number of aromatic nitrogens is 1. The fourth-order valence-electron chi connectivity index (χ4n) is 2.85. The quantitative estimate of drug-likeness (QED) is 0.830. The van der Waals surface area contributed by atoms with Crippen LogP contribution in [0.3, 0.4) is 0 Å². The molecule has 4 heteroatoms. The van der Waals surface area contributed by atoms with Gasteiger partial charge in [0.05, 0.1) is 10.7 Å². The number of hydrogen-bond donors (Lipinski definition) is 0. The molecule has 1 aliphatic carbocycles. The lowest BCUT2D eigenvalue weighted by molar-refractivity contribution is -0.136. The molecule has 19 heavy (non-hydrogen) atoms. The maximum atomic E-state index is 12.6. The smallest absolute Gasteiger partial charge is 0.226 e. The standard InChI is InChI=1S/C15H24N2OS/c1-4-8-17(9-5-2)15(18)12-6-7-13-14(10-12)19-11(3)16-13/h12H,4-10H2,1-3H3. The molecule has 0 saturated carbocycles. The Morgan fingerprint density at radius 2 is 2.05 bits per heavy atom. The summed E-state index contributed by atoms with van der Waals surface area (Å²) in [5.74, 6) is 0.547. The van der Waals surface area contributed by atoms with Crippen LogP contribution in [0.15, 0.2) is 0 Å².